The molecule has 3 aromatic rings. The van der Waals surface area contributed by atoms with E-state index in [9.17, 15) is 4.79 Å². The van der Waals surface area contributed by atoms with E-state index >= 15 is 0 Å². The van der Waals surface area contributed by atoms with Crippen LogP contribution in [0, 0.1) is 0 Å². The maximum atomic E-state index is 12.3. The Morgan fingerprint density at radius 2 is 2.17 bits per heavy atom. The molecule has 0 saturated heterocycles. The highest BCUT2D eigenvalue weighted by molar-refractivity contribution is 8.00. The average molecular weight is 341 g/mol. The highest BCUT2D eigenvalue weighted by atomic mass is 32.2. The molecule has 1 amide bonds. The molecule has 0 aliphatic heterocycles. The van der Waals surface area contributed by atoms with Gasteiger partial charge in [-0.05, 0) is 19.1 Å². The third kappa shape index (κ3) is 3.91. The number of H-pyrrole nitrogens is 1. The molecule has 1 unspecified atom stereocenters. The number of nitrogens with zero attached hydrogens (tertiary/aromatic N) is 4. The lowest BCUT2D eigenvalue weighted by molar-refractivity contribution is -0.127. The van der Waals surface area contributed by atoms with Gasteiger partial charge in [0.05, 0.1) is 40.5 Å². The first-order valence-corrected chi connectivity index (χ1v) is 8.73. The zero-order chi connectivity index (χ0) is 16.9. The van der Waals surface area contributed by atoms with Crippen LogP contribution in [0.25, 0.3) is 11.0 Å². The molecule has 1 atom stereocenters. The van der Waals surface area contributed by atoms with Crippen molar-refractivity contribution >= 4 is 28.7 Å². The molecule has 24 heavy (non-hydrogen) atoms. The monoisotopic (exact) mass is 341 g/mol. The largest absolute Gasteiger partial charge is 0.341 e. The average Bonchev–Trinajstić information content (AvgIpc) is 3.04. The number of aromatic nitrogens is 4. The Morgan fingerprint density at radius 3 is 2.92 bits per heavy atom. The van der Waals surface area contributed by atoms with Crippen molar-refractivity contribution in [2.45, 2.75) is 18.7 Å². The zero-order valence-electron chi connectivity index (χ0n) is 13.6. The number of nitrogens with one attached hydrogen (secondary N) is 1. The van der Waals surface area contributed by atoms with Crippen molar-refractivity contribution in [2.24, 2.45) is 0 Å². The second-order valence-corrected chi connectivity index (χ2v) is 6.87. The molecule has 6 nitrogen and oxygen atoms in total. The zero-order valence-corrected chi connectivity index (χ0v) is 14.5. The van der Waals surface area contributed by atoms with Gasteiger partial charge in [-0.1, -0.05) is 12.1 Å². The molecule has 0 radical (unpaired) electrons. The molecule has 1 N–H and O–H groups in total. The van der Waals surface area contributed by atoms with Gasteiger partial charge in [-0.2, -0.15) is 0 Å². The number of imidazole rings is 1. The minimum absolute atomic E-state index is 0.0635. The summed E-state index contributed by atoms with van der Waals surface area (Å²) >= 11 is 1.57. The van der Waals surface area contributed by atoms with Crippen LogP contribution in [-0.4, -0.2) is 43.5 Å². The van der Waals surface area contributed by atoms with Crippen LogP contribution in [0.4, 0.5) is 0 Å². The number of hydrogen-bond acceptors (Lipinski definition) is 5. The summed E-state index contributed by atoms with van der Waals surface area (Å²) in [5, 5.41) is 0.117. The fourth-order valence-corrected chi connectivity index (χ4v) is 3.18. The molecule has 0 saturated carbocycles. The molecular formula is C17H19N5OS. The number of para-hydroxylation sites is 2. The standard InChI is InChI=1S/C17H19N5OS/c1-12(17-20-14-5-3-4-6-15(14)21-17)24-11-16(23)22(2)10-13-9-18-7-8-19-13/h3-9,12H,10-11H2,1-2H3,(H,20,21). The number of hydrogen-bond donors (Lipinski definition) is 1. The summed E-state index contributed by atoms with van der Waals surface area (Å²) in [6, 6.07) is 7.93. The Labute approximate surface area is 144 Å². The molecule has 2 aromatic heterocycles. The second-order valence-electron chi connectivity index (χ2n) is 5.54. The lowest BCUT2D eigenvalue weighted by Crippen LogP contribution is -2.28. The van der Waals surface area contributed by atoms with Gasteiger partial charge in [0.15, 0.2) is 0 Å². The van der Waals surface area contributed by atoms with Crippen molar-refractivity contribution < 1.29 is 4.79 Å². The van der Waals surface area contributed by atoms with Gasteiger partial charge >= 0.3 is 0 Å². The SMILES string of the molecule is CC(SCC(=O)N(C)Cc1cnccn1)c1nc2ccccc2[nH]1. The molecule has 1 aromatic carbocycles. The Balaban J connectivity index is 1.55. The maximum absolute atomic E-state index is 12.3. The Hall–Kier alpha value is -2.41. The number of carbonyl (C=O) groups excluding carboxylic acids is 1. The van der Waals surface area contributed by atoms with Crippen LogP contribution in [0.1, 0.15) is 23.7 Å². The van der Waals surface area contributed by atoms with Crippen LogP contribution in [0.2, 0.25) is 0 Å². The predicted octanol–water partition coefficient (Wildman–Crippen LogP) is 2.81. The predicted molar refractivity (Wildman–Crippen MR) is 95.5 cm³/mol. The summed E-state index contributed by atoms with van der Waals surface area (Å²) in [4.78, 5) is 30.1. The number of benzene rings is 1. The third-order valence-electron chi connectivity index (χ3n) is 3.69. The van der Waals surface area contributed by atoms with Gasteiger partial charge in [0.1, 0.15) is 5.82 Å². The number of amides is 1. The van der Waals surface area contributed by atoms with Crippen LogP contribution in [-0.2, 0) is 11.3 Å². The van der Waals surface area contributed by atoms with E-state index in [2.05, 4.69) is 26.9 Å². The molecule has 0 bridgehead atoms. The van der Waals surface area contributed by atoms with E-state index in [1.807, 2.05) is 24.3 Å². The van der Waals surface area contributed by atoms with E-state index in [4.69, 9.17) is 0 Å². The Morgan fingerprint density at radius 1 is 1.33 bits per heavy atom. The smallest absolute Gasteiger partial charge is 0.232 e. The van der Waals surface area contributed by atoms with Crippen LogP contribution in [0.5, 0.6) is 0 Å². The third-order valence-corrected chi connectivity index (χ3v) is 4.83. The number of fused-ring (bicyclic) bond motifs is 1. The molecular weight excluding hydrogens is 322 g/mol. The van der Waals surface area contributed by atoms with Gasteiger partial charge in [0, 0.05) is 19.4 Å². The quantitative estimate of drug-likeness (QED) is 0.746. The fraction of sp³-hybridized carbons (Fsp3) is 0.294. The second kappa shape index (κ2) is 7.44. The summed E-state index contributed by atoms with van der Waals surface area (Å²) in [6.07, 6.45) is 4.93. The van der Waals surface area contributed by atoms with E-state index in [0.717, 1.165) is 22.6 Å². The number of thioether (sulfide) groups is 1. The van der Waals surface area contributed by atoms with Crippen molar-refractivity contribution in [3.63, 3.8) is 0 Å². The summed E-state index contributed by atoms with van der Waals surface area (Å²) in [6.45, 7) is 2.52. The lowest BCUT2D eigenvalue weighted by Gasteiger charge is -2.17. The van der Waals surface area contributed by atoms with E-state index in [1.165, 1.54) is 0 Å². The normalized spacial score (nSPS) is 12.2. The van der Waals surface area contributed by atoms with Crippen LogP contribution >= 0.6 is 11.8 Å². The number of carbonyl (C=O) groups is 1. The lowest BCUT2D eigenvalue weighted by atomic mass is 10.3. The van der Waals surface area contributed by atoms with Gasteiger partial charge in [-0.25, -0.2) is 4.98 Å². The van der Waals surface area contributed by atoms with Crippen molar-refractivity contribution in [1.29, 1.82) is 0 Å². The summed E-state index contributed by atoms with van der Waals surface area (Å²) < 4.78 is 0. The molecule has 0 aliphatic rings. The highest BCUT2D eigenvalue weighted by Crippen LogP contribution is 2.27. The van der Waals surface area contributed by atoms with Gasteiger partial charge in [0.2, 0.25) is 5.91 Å². The molecule has 0 spiro atoms. The fourth-order valence-electron chi connectivity index (χ4n) is 2.29. The van der Waals surface area contributed by atoms with E-state index < -0.39 is 0 Å². The minimum atomic E-state index is 0.0635. The molecule has 0 aliphatic carbocycles. The highest BCUT2D eigenvalue weighted by Gasteiger charge is 2.16. The van der Waals surface area contributed by atoms with Crippen molar-refractivity contribution in [2.75, 3.05) is 12.8 Å². The van der Waals surface area contributed by atoms with Gasteiger partial charge in [0.25, 0.3) is 0 Å². The van der Waals surface area contributed by atoms with Crippen LogP contribution in [0.15, 0.2) is 42.9 Å². The first-order chi connectivity index (χ1) is 11.6. The molecule has 124 valence electrons. The maximum Gasteiger partial charge on any atom is 0.232 e. The Bertz CT molecular complexity index is 787. The van der Waals surface area contributed by atoms with Crippen LogP contribution < -0.4 is 0 Å². The molecule has 0 fully saturated rings. The summed E-state index contributed by atoms with van der Waals surface area (Å²) in [5.41, 5.74) is 2.75. The first-order valence-electron chi connectivity index (χ1n) is 7.68. The molecule has 7 heteroatoms. The van der Waals surface area contributed by atoms with E-state index in [0.29, 0.717) is 12.3 Å². The van der Waals surface area contributed by atoms with E-state index in [1.54, 1.807) is 42.3 Å². The summed E-state index contributed by atoms with van der Waals surface area (Å²) in [7, 11) is 1.78. The molecule has 2 heterocycles. The summed E-state index contributed by atoms with van der Waals surface area (Å²) in [5.74, 6) is 1.36. The first kappa shape index (κ1) is 16.4. The van der Waals surface area contributed by atoms with Crippen LogP contribution in [0.3, 0.4) is 0 Å². The minimum Gasteiger partial charge on any atom is -0.341 e. The van der Waals surface area contributed by atoms with Crippen molar-refractivity contribution in [3.05, 3.63) is 54.4 Å². The van der Waals surface area contributed by atoms with Gasteiger partial charge < -0.3 is 9.88 Å². The number of rotatable bonds is 6. The molecule has 3 rings (SSSR count). The van der Waals surface area contributed by atoms with Crippen molar-refractivity contribution in [1.82, 2.24) is 24.8 Å². The topological polar surface area (TPSA) is 74.8 Å². The Kier molecular flexibility index (Phi) is 5.10. The van der Waals surface area contributed by atoms with Gasteiger partial charge in [-0.3, -0.25) is 14.8 Å². The van der Waals surface area contributed by atoms with Crippen molar-refractivity contribution in [3.8, 4) is 0 Å². The number of aromatic amines is 1. The van der Waals surface area contributed by atoms with E-state index in [-0.39, 0.29) is 11.2 Å². The van der Waals surface area contributed by atoms with Gasteiger partial charge in [-0.15, -0.1) is 11.8 Å².